The minimum atomic E-state index is 0.562. The number of hydrogen-bond acceptors (Lipinski definition) is 1. The summed E-state index contributed by atoms with van der Waals surface area (Å²) in [7, 11) is 8.22. The fourth-order valence-corrected chi connectivity index (χ4v) is 2.12. The normalized spacial score (nSPS) is 17.1. The second kappa shape index (κ2) is 4.86. The van der Waals surface area contributed by atoms with Gasteiger partial charge >= 0.3 is 0 Å². The van der Waals surface area contributed by atoms with Crippen LogP contribution in [0.4, 0.5) is 0 Å². The Kier molecular flexibility index (Phi) is 4.00. The molecular formula is C12H25N3. The Hall–Kier alpha value is -0.730. The lowest BCUT2D eigenvalue weighted by molar-refractivity contribution is 0.444. The summed E-state index contributed by atoms with van der Waals surface area (Å²) >= 11 is 0. The smallest absolute Gasteiger partial charge is 0.195 e. The van der Waals surface area contributed by atoms with Crippen molar-refractivity contribution in [2.45, 2.75) is 32.6 Å². The molecule has 15 heavy (non-hydrogen) atoms. The van der Waals surface area contributed by atoms with E-state index in [-0.39, 0.29) is 0 Å². The predicted octanol–water partition coefficient (Wildman–Crippen LogP) is 2.05. The molecule has 0 bridgehead atoms. The van der Waals surface area contributed by atoms with Crippen LogP contribution in [0.5, 0.6) is 0 Å². The highest BCUT2D eigenvalue weighted by Crippen LogP contribution is 2.49. The van der Waals surface area contributed by atoms with Crippen LogP contribution in [-0.4, -0.2) is 50.5 Å². The summed E-state index contributed by atoms with van der Waals surface area (Å²) < 4.78 is 0. The van der Waals surface area contributed by atoms with Gasteiger partial charge in [-0.1, -0.05) is 13.3 Å². The lowest BCUT2D eigenvalue weighted by Gasteiger charge is -2.23. The van der Waals surface area contributed by atoms with Gasteiger partial charge in [0.2, 0.25) is 0 Å². The zero-order valence-electron chi connectivity index (χ0n) is 10.9. The van der Waals surface area contributed by atoms with Crippen LogP contribution >= 0.6 is 0 Å². The maximum atomic E-state index is 4.74. The van der Waals surface area contributed by atoms with Crippen molar-refractivity contribution in [3.05, 3.63) is 0 Å². The highest BCUT2D eigenvalue weighted by molar-refractivity contribution is 5.79. The summed E-state index contributed by atoms with van der Waals surface area (Å²) in [4.78, 5) is 8.91. The molecule has 1 fully saturated rings. The lowest BCUT2D eigenvalue weighted by Crippen LogP contribution is -2.36. The molecule has 0 aromatic carbocycles. The largest absolute Gasteiger partial charge is 0.349 e. The van der Waals surface area contributed by atoms with Crippen molar-refractivity contribution < 1.29 is 0 Å². The van der Waals surface area contributed by atoms with E-state index in [1.807, 2.05) is 0 Å². The van der Waals surface area contributed by atoms with Crippen LogP contribution < -0.4 is 0 Å². The fourth-order valence-electron chi connectivity index (χ4n) is 2.12. The molecule has 0 aliphatic heterocycles. The number of guanidine groups is 1. The SMILES string of the molecule is CCCC1(CN=C(N(C)C)N(C)C)CC1. The summed E-state index contributed by atoms with van der Waals surface area (Å²) in [5.41, 5.74) is 0.562. The van der Waals surface area contributed by atoms with E-state index in [1.165, 1.54) is 25.7 Å². The molecule has 0 spiro atoms. The van der Waals surface area contributed by atoms with Gasteiger partial charge < -0.3 is 9.80 Å². The Morgan fingerprint density at radius 1 is 1.13 bits per heavy atom. The molecule has 0 radical (unpaired) electrons. The molecule has 0 heterocycles. The van der Waals surface area contributed by atoms with E-state index >= 15 is 0 Å². The van der Waals surface area contributed by atoms with Crippen molar-refractivity contribution in [2.75, 3.05) is 34.7 Å². The van der Waals surface area contributed by atoms with Crippen LogP contribution in [0.25, 0.3) is 0 Å². The van der Waals surface area contributed by atoms with E-state index in [0.29, 0.717) is 5.41 Å². The summed E-state index contributed by atoms with van der Waals surface area (Å²) in [6.45, 7) is 3.27. The first kappa shape index (κ1) is 12.3. The second-order valence-corrected chi connectivity index (χ2v) is 5.16. The van der Waals surface area contributed by atoms with Gasteiger partial charge in [0.25, 0.3) is 0 Å². The Bertz CT molecular complexity index is 217. The average Bonchev–Trinajstić information content (AvgIpc) is 2.85. The van der Waals surface area contributed by atoms with E-state index in [0.717, 1.165) is 12.5 Å². The zero-order valence-corrected chi connectivity index (χ0v) is 10.9. The molecule has 0 aromatic rings. The molecule has 3 nitrogen and oxygen atoms in total. The Morgan fingerprint density at radius 2 is 1.67 bits per heavy atom. The quantitative estimate of drug-likeness (QED) is 0.523. The highest BCUT2D eigenvalue weighted by Gasteiger charge is 2.41. The van der Waals surface area contributed by atoms with Gasteiger partial charge in [0, 0.05) is 34.7 Å². The molecule has 1 rings (SSSR count). The van der Waals surface area contributed by atoms with Crippen LogP contribution in [0.3, 0.4) is 0 Å². The number of nitrogens with zero attached hydrogens (tertiary/aromatic N) is 3. The number of rotatable bonds is 4. The van der Waals surface area contributed by atoms with Gasteiger partial charge in [-0.3, -0.25) is 4.99 Å². The van der Waals surface area contributed by atoms with E-state index in [2.05, 4.69) is 44.9 Å². The van der Waals surface area contributed by atoms with Gasteiger partial charge in [-0.05, 0) is 24.7 Å². The number of aliphatic imine (C=N–C) groups is 1. The second-order valence-electron chi connectivity index (χ2n) is 5.16. The van der Waals surface area contributed by atoms with E-state index in [9.17, 15) is 0 Å². The van der Waals surface area contributed by atoms with Crippen molar-refractivity contribution in [1.29, 1.82) is 0 Å². The first-order chi connectivity index (χ1) is 7.01. The Labute approximate surface area is 94.2 Å². The first-order valence-corrected chi connectivity index (χ1v) is 5.90. The fraction of sp³-hybridized carbons (Fsp3) is 0.917. The van der Waals surface area contributed by atoms with Crippen LogP contribution in [0, 0.1) is 5.41 Å². The lowest BCUT2D eigenvalue weighted by atomic mass is 10.0. The predicted molar refractivity (Wildman–Crippen MR) is 66.3 cm³/mol. The van der Waals surface area contributed by atoms with Gasteiger partial charge in [0.05, 0.1) is 0 Å². The third-order valence-corrected chi connectivity index (χ3v) is 3.09. The molecule has 0 amide bonds. The molecule has 0 saturated heterocycles. The van der Waals surface area contributed by atoms with Gasteiger partial charge in [-0.15, -0.1) is 0 Å². The molecule has 0 aromatic heterocycles. The first-order valence-electron chi connectivity index (χ1n) is 5.90. The summed E-state index contributed by atoms with van der Waals surface area (Å²) in [5.74, 6) is 1.08. The Morgan fingerprint density at radius 3 is 2.00 bits per heavy atom. The molecular weight excluding hydrogens is 186 g/mol. The third-order valence-electron chi connectivity index (χ3n) is 3.09. The average molecular weight is 211 g/mol. The van der Waals surface area contributed by atoms with Gasteiger partial charge in [-0.2, -0.15) is 0 Å². The summed E-state index contributed by atoms with van der Waals surface area (Å²) in [6.07, 6.45) is 5.37. The topological polar surface area (TPSA) is 18.8 Å². The maximum absolute atomic E-state index is 4.74. The van der Waals surface area contributed by atoms with Gasteiger partial charge in [0.15, 0.2) is 5.96 Å². The van der Waals surface area contributed by atoms with E-state index in [4.69, 9.17) is 4.99 Å². The molecule has 3 heteroatoms. The van der Waals surface area contributed by atoms with Crippen LogP contribution in [0.1, 0.15) is 32.6 Å². The van der Waals surface area contributed by atoms with Gasteiger partial charge in [0.1, 0.15) is 0 Å². The third kappa shape index (κ3) is 3.40. The molecule has 88 valence electrons. The van der Waals surface area contributed by atoms with Crippen molar-refractivity contribution in [2.24, 2.45) is 10.4 Å². The summed E-state index contributed by atoms with van der Waals surface area (Å²) in [5, 5.41) is 0. The van der Waals surface area contributed by atoms with Crippen molar-refractivity contribution >= 4 is 5.96 Å². The monoisotopic (exact) mass is 211 g/mol. The van der Waals surface area contributed by atoms with Crippen molar-refractivity contribution in [3.63, 3.8) is 0 Å². The molecule has 0 unspecified atom stereocenters. The van der Waals surface area contributed by atoms with E-state index < -0.39 is 0 Å². The molecule has 1 aliphatic carbocycles. The molecule has 1 saturated carbocycles. The van der Waals surface area contributed by atoms with E-state index in [1.54, 1.807) is 0 Å². The van der Waals surface area contributed by atoms with Crippen molar-refractivity contribution in [1.82, 2.24) is 9.80 Å². The zero-order chi connectivity index (χ0) is 11.5. The van der Waals surface area contributed by atoms with Crippen LogP contribution in [0.2, 0.25) is 0 Å². The van der Waals surface area contributed by atoms with Crippen molar-refractivity contribution in [3.8, 4) is 0 Å². The highest BCUT2D eigenvalue weighted by atomic mass is 15.3. The molecule has 1 aliphatic rings. The minimum absolute atomic E-state index is 0.562. The van der Waals surface area contributed by atoms with Crippen LogP contribution in [0.15, 0.2) is 4.99 Å². The summed E-state index contributed by atoms with van der Waals surface area (Å²) in [6, 6.07) is 0. The molecule has 0 atom stereocenters. The van der Waals surface area contributed by atoms with Gasteiger partial charge in [-0.25, -0.2) is 0 Å². The number of hydrogen-bond donors (Lipinski definition) is 0. The minimum Gasteiger partial charge on any atom is -0.349 e. The Balaban J connectivity index is 2.54. The maximum Gasteiger partial charge on any atom is 0.195 e. The van der Waals surface area contributed by atoms with Crippen LogP contribution in [-0.2, 0) is 0 Å². The standard InChI is InChI=1S/C12H25N3/c1-6-7-12(8-9-12)10-13-11(14(2)3)15(4)5/h6-10H2,1-5H3. The molecule has 0 N–H and O–H groups in total.